The van der Waals surface area contributed by atoms with E-state index in [1.807, 2.05) is 12.1 Å². The van der Waals surface area contributed by atoms with Crippen molar-refractivity contribution in [2.24, 2.45) is 0 Å². The van der Waals surface area contributed by atoms with Crippen molar-refractivity contribution in [1.82, 2.24) is 19.8 Å². The molecule has 0 radical (unpaired) electrons. The standard InChI is InChI=1S/C10H20N2.C7HN5/c1-3-4-5-6-7-12-9-8-11(2)10-12;8-1-4-5-7(2-9,3-10)6(11-4)12-5/h8-9H,3-7,10H2,1-2H3;(H,11,12). The summed E-state index contributed by atoms with van der Waals surface area (Å²) in [6.45, 7) is 4.55. The van der Waals surface area contributed by atoms with Crippen LogP contribution in [0, 0.1) is 34.0 Å². The highest BCUT2D eigenvalue weighted by Gasteiger charge is 2.51. The quantitative estimate of drug-likeness (QED) is 0.832. The van der Waals surface area contributed by atoms with Gasteiger partial charge in [-0.15, -0.1) is 0 Å². The molecule has 1 N–H and O–H groups in total. The van der Waals surface area contributed by atoms with Crippen molar-refractivity contribution >= 4 is 0 Å². The van der Waals surface area contributed by atoms with Gasteiger partial charge in [0.25, 0.3) is 0 Å². The monoisotopic (exact) mass is 323 g/mol. The number of unbranched alkanes of at least 4 members (excludes halogenated alkanes) is 3. The molecule has 3 aliphatic rings. The molecule has 1 aromatic heterocycles. The minimum absolute atomic E-state index is 0.146. The molecule has 0 saturated heterocycles. The highest BCUT2D eigenvalue weighted by atomic mass is 15.3. The molecular formula is C17H21N7. The third-order valence-electron chi connectivity index (χ3n) is 4.11. The fourth-order valence-electron chi connectivity index (χ4n) is 2.68. The topological polar surface area (TPSA) is 107 Å². The van der Waals surface area contributed by atoms with Gasteiger partial charge in [-0.2, -0.15) is 15.8 Å². The fraction of sp³-hybridized carbons (Fsp3) is 0.529. The maximum atomic E-state index is 8.69. The molecule has 124 valence electrons. The Morgan fingerprint density at radius 1 is 1.21 bits per heavy atom. The lowest BCUT2D eigenvalue weighted by Crippen LogP contribution is -2.31. The van der Waals surface area contributed by atoms with Gasteiger partial charge in [0.1, 0.15) is 11.9 Å². The number of imidazole rings is 1. The van der Waals surface area contributed by atoms with Gasteiger partial charge in [-0.05, 0) is 6.42 Å². The van der Waals surface area contributed by atoms with E-state index in [1.165, 1.54) is 32.2 Å². The first-order valence-electron chi connectivity index (χ1n) is 8.07. The van der Waals surface area contributed by atoms with Crippen molar-refractivity contribution in [1.29, 1.82) is 15.8 Å². The summed E-state index contributed by atoms with van der Waals surface area (Å²) in [5.41, 5.74) is -0.816. The number of hydrogen-bond donors (Lipinski definition) is 1. The summed E-state index contributed by atoms with van der Waals surface area (Å²) < 4.78 is 0. The predicted octanol–water partition coefficient (Wildman–Crippen LogP) is 2.17. The maximum Gasteiger partial charge on any atom is 0.242 e. The molecule has 4 heterocycles. The molecule has 1 aromatic rings. The summed E-state index contributed by atoms with van der Waals surface area (Å²) in [5.74, 6) is 0.277. The number of fused-ring (bicyclic) bond motifs is 1. The van der Waals surface area contributed by atoms with E-state index in [1.54, 1.807) is 6.07 Å². The molecule has 7 nitrogen and oxygen atoms in total. The Hall–Kier alpha value is -2.98. The molecule has 0 unspecified atom stereocenters. The van der Waals surface area contributed by atoms with Gasteiger partial charge in [0.05, 0.1) is 24.5 Å². The zero-order valence-electron chi connectivity index (χ0n) is 14.1. The SMILES string of the molecule is CCCCCCN1C=CN(C)C1.N#Cc1nc2[nH]c1C2(C#N)C#N. The van der Waals surface area contributed by atoms with E-state index < -0.39 is 5.41 Å². The highest BCUT2D eigenvalue weighted by molar-refractivity contribution is 5.58. The van der Waals surface area contributed by atoms with E-state index >= 15 is 0 Å². The second-order valence-corrected chi connectivity index (χ2v) is 5.96. The average Bonchev–Trinajstić information content (AvgIpc) is 3.27. The lowest BCUT2D eigenvalue weighted by molar-refractivity contribution is 0.291. The predicted molar refractivity (Wildman–Crippen MR) is 87.9 cm³/mol. The number of rotatable bonds is 5. The van der Waals surface area contributed by atoms with E-state index in [9.17, 15) is 0 Å². The minimum Gasteiger partial charge on any atom is -0.362 e. The van der Waals surface area contributed by atoms with Crippen LogP contribution < -0.4 is 0 Å². The van der Waals surface area contributed by atoms with Crippen LogP contribution >= 0.6 is 0 Å². The van der Waals surface area contributed by atoms with Gasteiger partial charge in [-0.1, -0.05) is 26.2 Å². The fourth-order valence-corrected chi connectivity index (χ4v) is 2.68. The summed E-state index contributed by atoms with van der Waals surface area (Å²) in [7, 11) is 2.11. The summed E-state index contributed by atoms with van der Waals surface area (Å²) >= 11 is 0. The number of nitrogens with zero attached hydrogens (tertiary/aromatic N) is 6. The Labute approximate surface area is 142 Å². The lowest BCUT2D eigenvalue weighted by Gasteiger charge is -2.19. The molecule has 0 saturated carbocycles. The first-order chi connectivity index (χ1) is 11.6. The summed E-state index contributed by atoms with van der Waals surface area (Å²) in [4.78, 5) is 11.0. The van der Waals surface area contributed by atoms with Crippen molar-refractivity contribution in [3.8, 4) is 18.2 Å². The highest BCUT2D eigenvalue weighted by Crippen LogP contribution is 2.39. The molecule has 0 atom stereocenters. The van der Waals surface area contributed by atoms with Crippen LogP contribution in [-0.4, -0.2) is 40.0 Å². The van der Waals surface area contributed by atoms with Crippen LogP contribution in [0.3, 0.4) is 0 Å². The van der Waals surface area contributed by atoms with Crippen molar-refractivity contribution < 1.29 is 0 Å². The Kier molecular flexibility index (Phi) is 5.45. The van der Waals surface area contributed by atoms with Gasteiger partial charge < -0.3 is 14.8 Å². The number of aromatic amines is 1. The molecule has 7 heteroatoms. The normalized spacial score (nSPS) is 15.6. The number of H-pyrrole nitrogens is 1. The van der Waals surface area contributed by atoms with Crippen LogP contribution in [-0.2, 0) is 5.41 Å². The Morgan fingerprint density at radius 3 is 2.42 bits per heavy atom. The number of nitriles is 3. The summed E-state index contributed by atoms with van der Waals surface area (Å²) in [5, 5.41) is 25.9. The second-order valence-electron chi connectivity index (χ2n) is 5.96. The van der Waals surface area contributed by atoms with Crippen LogP contribution in [0.25, 0.3) is 0 Å². The number of hydrogen-bond acceptors (Lipinski definition) is 6. The molecule has 2 bridgehead atoms. The van der Waals surface area contributed by atoms with Gasteiger partial charge >= 0.3 is 0 Å². The zero-order valence-corrected chi connectivity index (χ0v) is 14.1. The second kappa shape index (κ2) is 7.53. The summed E-state index contributed by atoms with van der Waals surface area (Å²) in [6, 6.07) is 5.46. The van der Waals surface area contributed by atoms with E-state index in [0.717, 1.165) is 6.67 Å². The largest absolute Gasteiger partial charge is 0.362 e. The Balaban J connectivity index is 0.000000174. The van der Waals surface area contributed by atoms with Crippen LogP contribution in [0.4, 0.5) is 0 Å². The van der Waals surface area contributed by atoms with Crippen molar-refractivity contribution in [3.63, 3.8) is 0 Å². The van der Waals surface area contributed by atoms with Gasteiger partial charge in [-0.3, -0.25) is 0 Å². The maximum absolute atomic E-state index is 8.69. The molecule has 0 spiro atoms. The van der Waals surface area contributed by atoms with E-state index in [4.69, 9.17) is 15.8 Å². The van der Waals surface area contributed by atoms with Crippen molar-refractivity contribution in [3.05, 3.63) is 29.6 Å². The lowest BCUT2D eigenvalue weighted by atomic mass is 9.83. The van der Waals surface area contributed by atoms with Gasteiger partial charge in [0, 0.05) is 26.0 Å². The van der Waals surface area contributed by atoms with E-state index in [-0.39, 0.29) is 11.5 Å². The number of aromatic nitrogens is 2. The zero-order chi connectivity index (χ0) is 17.6. The summed E-state index contributed by atoms with van der Waals surface area (Å²) in [6.07, 6.45) is 9.76. The molecule has 3 aliphatic heterocycles. The molecule has 24 heavy (non-hydrogen) atoms. The van der Waals surface area contributed by atoms with E-state index in [0.29, 0.717) is 5.69 Å². The molecular weight excluding hydrogens is 302 g/mol. The average molecular weight is 323 g/mol. The van der Waals surface area contributed by atoms with Crippen molar-refractivity contribution in [2.45, 2.75) is 38.0 Å². The van der Waals surface area contributed by atoms with Crippen LogP contribution in [0.5, 0.6) is 0 Å². The molecule has 4 rings (SSSR count). The Bertz CT molecular complexity index is 712. The number of nitrogens with one attached hydrogen (secondary N) is 1. The molecule has 0 amide bonds. The first-order valence-corrected chi connectivity index (χ1v) is 8.07. The molecule has 0 aromatic carbocycles. The Morgan fingerprint density at radius 2 is 1.96 bits per heavy atom. The van der Waals surface area contributed by atoms with Crippen molar-refractivity contribution in [2.75, 3.05) is 20.3 Å². The third-order valence-corrected chi connectivity index (χ3v) is 4.11. The van der Waals surface area contributed by atoms with E-state index in [2.05, 4.69) is 46.1 Å². The third kappa shape index (κ3) is 3.19. The van der Waals surface area contributed by atoms with Crippen LogP contribution in [0.1, 0.15) is 49.8 Å². The van der Waals surface area contributed by atoms with Crippen LogP contribution in [0.2, 0.25) is 0 Å². The molecule has 0 fully saturated rings. The van der Waals surface area contributed by atoms with Gasteiger partial charge in [0.2, 0.25) is 5.41 Å². The van der Waals surface area contributed by atoms with Gasteiger partial charge in [0.15, 0.2) is 5.69 Å². The molecule has 0 aliphatic carbocycles. The minimum atomic E-state index is -1.29. The van der Waals surface area contributed by atoms with Crippen LogP contribution in [0.15, 0.2) is 12.4 Å². The first kappa shape index (κ1) is 17.4. The van der Waals surface area contributed by atoms with Gasteiger partial charge in [-0.25, -0.2) is 4.98 Å². The smallest absolute Gasteiger partial charge is 0.242 e.